The molecule has 1 saturated heterocycles. The predicted octanol–water partition coefficient (Wildman–Crippen LogP) is 5.21. The average molecular weight is 479 g/mol. The Morgan fingerprint density at radius 1 is 1.06 bits per heavy atom. The summed E-state index contributed by atoms with van der Waals surface area (Å²) in [6.07, 6.45) is 4.02. The highest BCUT2D eigenvalue weighted by atomic mass is 19.1. The molecule has 5 rings (SSSR count). The van der Waals surface area contributed by atoms with Crippen LogP contribution in [0, 0.1) is 5.82 Å². The fourth-order valence-corrected chi connectivity index (χ4v) is 5.09. The van der Waals surface area contributed by atoms with Gasteiger partial charge in [-0.2, -0.15) is 0 Å². The Bertz CT molecular complexity index is 1210. The smallest absolute Gasteiger partial charge is 0.165 e. The third-order valence-electron chi connectivity index (χ3n) is 7.80. The van der Waals surface area contributed by atoms with E-state index in [1.807, 2.05) is 31.3 Å². The number of nitrogens with zero attached hydrogens (tertiary/aromatic N) is 6. The molecule has 1 fully saturated rings. The highest BCUT2D eigenvalue weighted by Gasteiger charge is 2.37. The second-order valence-electron chi connectivity index (χ2n) is 9.63. The van der Waals surface area contributed by atoms with Crippen LogP contribution in [-0.2, 0) is 5.41 Å². The zero-order valence-electron chi connectivity index (χ0n) is 20.9. The van der Waals surface area contributed by atoms with E-state index in [1.54, 1.807) is 4.90 Å². The first-order chi connectivity index (χ1) is 16.8. The van der Waals surface area contributed by atoms with Crippen LogP contribution in [0.3, 0.4) is 0 Å². The molecule has 0 aliphatic carbocycles. The van der Waals surface area contributed by atoms with Crippen molar-refractivity contribution >= 4 is 28.6 Å². The molecule has 3 aliphatic heterocycles. The average Bonchev–Trinajstić information content (AvgIpc) is 3.15. The summed E-state index contributed by atoms with van der Waals surface area (Å²) in [5, 5.41) is 0. The molecule has 1 aromatic heterocycles. The van der Waals surface area contributed by atoms with Gasteiger partial charge < -0.3 is 14.7 Å². The molecule has 35 heavy (non-hydrogen) atoms. The molecule has 0 N–H and O–H groups in total. The van der Waals surface area contributed by atoms with Crippen LogP contribution in [0.25, 0.3) is 0 Å². The number of benzene rings is 1. The standard InChI is InChI=1S/C27H32F2N6/c1-5-27(4)18(3)32-26-21(27)13-19(14-22(26)28)25-23(29)16-35(17-31-25)24-8-7-20(15-30-24)34-11-9-33(6-2)10-12-34/h7-8,13-16H,5-6,9-12,17H2,1-4H3. The van der Waals surface area contributed by atoms with Gasteiger partial charge in [-0.05, 0) is 49.7 Å². The van der Waals surface area contributed by atoms with E-state index in [0.29, 0.717) is 17.1 Å². The summed E-state index contributed by atoms with van der Waals surface area (Å²) in [5.41, 5.74) is 3.34. The van der Waals surface area contributed by atoms with Crippen LogP contribution in [-0.4, -0.2) is 60.7 Å². The number of fused-ring (bicyclic) bond motifs is 1. The van der Waals surface area contributed by atoms with E-state index in [4.69, 9.17) is 0 Å². The van der Waals surface area contributed by atoms with Gasteiger partial charge in [0.15, 0.2) is 5.83 Å². The topological polar surface area (TPSA) is 47.3 Å². The Morgan fingerprint density at radius 2 is 1.83 bits per heavy atom. The second kappa shape index (κ2) is 9.15. The third-order valence-corrected chi connectivity index (χ3v) is 7.80. The lowest BCUT2D eigenvalue weighted by Gasteiger charge is -2.35. The minimum atomic E-state index is -0.508. The van der Waals surface area contributed by atoms with Crippen LogP contribution in [0.4, 0.5) is 26.0 Å². The van der Waals surface area contributed by atoms with Crippen molar-refractivity contribution in [2.45, 2.75) is 39.5 Å². The van der Waals surface area contributed by atoms with Crippen molar-refractivity contribution in [2.24, 2.45) is 9.98 Å². The molecule has 1 atom stereocenters. The molecule has 0 radical (unpaired) electrons. The molecule has 3 aliphatic rings. The monoisotopic (exact) mass is 478 g/mol. The van der Waals surface area contributed by atoms with E-state index in [9.17, 15) is 4.39 Å². The first kappa shape index (κ1) is 23.6. The fourth-order valence-electron chi connectivity index (χ4n) is 5.09. The van der Waals surface area contributed by atoms with E-state index in [1.165, 1.54) is 12.3 Å². The maximum Gasteiger partial charge on any atom is 0.165 e. The Balaban J connectivity index is 1.33. The molecule has 4 heterocycles. The summed E-state index contributed by atoms with van der Waals surface area (Å²) >= 11 is 0. The molecule has 6 nitrogen and oxygen atoms in total. The molecule has 0 bridgehead atoms. The lowest BCUT2D eigenvalue weighted by molar-refractivity contribution is 0.271. The van der Waals surface area contributed by atoms with Gasteiger partial charge in [-0.15, -0.1) is 0 Å². The molecular formula is C27H32F2N6. The number of rotatable bonds is 5. The summed E-state index contributed by atoms with van der Waals surface area (Å²) < 4.78 is 30.2. The van der Waals surface area contributed by atoms with Crippen LogP contribution < -0.4 is 9.80 Å². The zero-order valence-corrected chi connectivity index (χ0v) is 20.9. The number of aromatic nitrogens is 1. The zero-order chi connectivity index (χ0) is 24.7. The van der Waals surface area contributed by atoms with Gasteiger partial charge in [0.1, 0.15) is 29.7 Å². The lowest BCUT2D eigenvalue weighted by Crippen LogP contribution is -2.46. The Labute approximate surface area is 205 Å². The first-order valence-electron chi connectivity index (χ1n) is 12.4. The van der Waals surface area contributed by atoms with Crippen LogP contribution in [0.5, 0.6) is 0 Å². The van der Waals surface area contributed by atoms with Gasteiger partial charge in [-0.3, -0.25) is 9.98 Å². The number of likely N-dealkylation sites (N-methyl/N-ethyl adjacent to an activating group) is 1. The molecule has 0 spiro atoms. The number of hydrogen-bond donors (Lipinski definition) is 0. The molecule has 1 aromatic carbocycles. The normalized spacial score (nSPS) is 22.6. The molecule has 184 valence electrons. The van der Waals surface area contributed by atoms with Crippen molar-refractivity contribution in [3.8, 4) is 0 Å². The first-order valence-corrected chi connectivity index (χ1v) is 12.4. The van der Waals surface area contributed by atoms with Crippen molar-refractivity contribution in [1.29, 1.82) is 0 Å². The maximum atomic E-state index is 15.2. The van der Waals surface area contributed by atoms with E-state index in [2.05, 4.69) is 45.5 Å². The van der Waals surface area contributed by atoms with Crippen LogP contribution in [0.2, 0.25) is 0 Å². The minimum absolute atomic E-state index is 0.163. The number of allylic oxidation sites excluding steroid dienone is 1. The number of hydrogen-bond acceptors (Lipinski definition) is 6. The van der Waals surface area contributed by atoms with Gasteiger partial charge in [0.2, 0.25) is 0 Å². The second-order valence-corrected chi connectivity index (χ2v) is 9.63. The third kappa shape index (κ3) is 4.14. The van der Waals surface area contributed by atoms with Crippen molar-refractivity contribution in [3.05, 3.63) is 59.4 Å². The fraction of sp³-hybridized carbons (Fsp3) is 0.444. The summed E-state index contributed by atoms with van der Waals surface area (Å²) in [7, 11) is 0. The Hall–Kier alpha value is -3.13. The van der Waals surface area contributed by atoms with Gasteiger partial charge >= 0.3 is 0 Å². The summed E-state index contributed by atoms with van der Waals surface area (Å²) in [6, 6.07) is 7.10. The highest BCUT2D eigenvalue weighted by Crippen LogP contribution is 2.44. The number of piperazine rings is 1. The van der Waals surface area contributed by atoms with E-state index in [0.717, 1.165) is 56.1 Å². The quantitative estimate of drug-likeness (QED) is 0.592. The largest absolute Gasteiger partial charge is 0.368 e. The SMILES string of the molecule is CCN1CCN(c2ccc(N3C=C(F)C(c4cc(F)c5c(c4)C(C)(CC)C(C)=N5)=NC3)nc2)CC1. The van der Waals surface area contributed by atoms with Gasteiger partial charge in [0.25, 0.3) is 0 Å². The van der Waals surface area contributed by atoms with Crippen molar-refractivity contribution in [3.63, 3.8) is 0 Å². The summed E-state index contributed by atoms with van der Waals surface area (Å²) in [6.45, 7) is 13.5. The number of halogens is 2. The minimum Gasteiger partial charge on any atom is -0.368 e. The summed E-state index contributed by atoms with van der Waals surface area (Å²) in [4.78, 5) is 19.9. The van der Waals surface area contributed by atoms with Crippen molar-refractivity contribution < 1.29 is 8.78 Å². The maximum absolute atomic E-state index is 15.2. The molecule has 0 saturated carbocycles. The van der Waals surface area contributed by atoms with Gasteiger partial charge in [0, 0.05) is 49.1 Å². The van der Waals surface area contributed by atoms with E-state index in [-0.39, 0.29) is 17.8 Å². The van der Waals surface area contributed by atoms with Gasteiger partial charge in [0.05, 0.1) is 11.9 Å². The predicted molar refractivity (Wildman–Crippen MR) is 138 cm³/mol. The van der Waals surface area contributed by atoms with E-state index < -0.39 is 11.6 Å². The van der Waals surface area contributed by atoms with Crippen LogP contribution >= 0.6 is 0 Å². The molecule has 1 unspecified atom stereocenters. The Kier molecular flexibility index (Phi) is 6.17. The number of anilines is 2. The van der Waals surface area contributed by atoms with Crippen LogP contribution in [0.15, 0.2) is 52.5 Å². The summed E-state index contributed by atoms with van der Waals surface area (Å²) in [5.74, 6) is -0.323. The molecule has 0 amide bonds. The molecule has 2 aromatic rings. The van der Waals surface area contributed by atoms with Crippen molar-refractivity contribution in [1.82, 2.24) is 9.88 Å². The molecule has 8 heteroatoms. The Morgan fingerprint density at radius 3 is 2.46 bits per heavy atom. The van der Waals surface area contributed by atoms with Crippen LogP contribution in [0.1, 0.15) is 45.2 Å². The van der Waals surface area contributed by atoms with Crippen molar-refractivity contribution in [2.75, 3.05) is 49.2 Å². The number of pyridine rings is 1. The van der Waals surface area contributed by atoms with E-state index >= 15 is 4.39 Å². The number of aliphatic imine (C=N–C) groups is 2. The highest BCUT2D eigenvalue weighted by molar-refractivity contribution is 6.13. The molecular weight excluding hydrogens is 446 g/mol. The lowest BCUT2D eigenvalue weighted by atomic mass is 9.77. The van der Waals surface area contributed by atoms with Gasteiger partial charge in [-0.1, -0.05) is 20.8 Å². The van der Waals surface area contributed by atoms with Gasteiger partial charge in [-0.25, -0.2) is 13.8 Å².